The first-order valence-corrected chi connectivity index (χ1v) is 4.30. The van der Waals surface area contributed by atoms with Gasteiger partial charge in [0.15, 0.2) is 0 Å². The summed E-state index contributed by atoms with van der Waals surface area (Å²) in [7, 11) is 3.48. The molecule has 12 heavy (non-hydrogen) atoms. The van der Waals surface area contributed by atoms with Gasteiger partial charge in [-0.25, -0.2) is 4.79 Å². The molecule has 4 nitrogen and oxygen atoms in total. The van der Waals surface area contributed by atoms with Crippen LogP contribution < -0.4 is 11.1 Å². The number of nitrogens with one attached hydrogen (secondary N) is 1. The lowest BCUT2D eigenvalue weighted by molar-refractivity contribution is 0.205. The highest BCUT2D eigenvalue weighted by molar-refractivity contribution is 5.73. The van der Waals surface area contributed by atoms with Gasteiger partial charge in [0.25, 0.3) is 0 Å². The van der Waals surface area contributed by atoms with Crippen LogP contribution in [0.3, 0.4) is 0 Å². The molecule has 0 spiro atoms. The second kappa shape index (κ2) is 3.76. The van der Waals surface area contributed by atoms with E-state index in [1.807, 2.05) is 0 Å². The SMILES string of the molecule is CN(C)C(=O)NCC1CC(N)C1. The van der Waals surface area contributed by atoms with Gasteiger partial charge < -0.3 is 16.0 Å². The second-order valence-electron chi connectivity index (χ2n) is 3.68. The maximum absolute atomic E-state index is 11.1. The minimum atomic E-state index is -0.0181. The van der Waals surface area contributed by atoms with Crippen molar-refractivity contribution >= 4 is 6.03 Å². The van der Waals surface area contributed by atoms with Crippen molar-refractivity contribution in [3.05, 3.63) is 0 Å². The van der Waals surface area contributed by atoms with Crippen LogP contribution in [0.4, 0.5) is 4.79 Å². The summed E-state index contributed by atoms with van der Waals surface area (Å²) in [6.45, 7) is 0.769. The van der Waals surface area contributed by atoms with Crippen molar-refractivity contribution in [1.82, 2.24) is 10.2 Å². The molecule has 0 aromatic carbocycles. The zero-order valence-corrected chi connectivity index (χ0v) is 7.71. The average Bonchev–Trinajstić information content (AvgIpc) is 1.95. The standard InChI is InChI=1S/C8H17N3O/c1-11(2)8(12)10-5-6-3-7(9)4-6/h6-7H,3-5,9H2,1-2H3,(H,10,12). The van der Waals surface area contributed by atoms with Gasteiger partial charge in [0.1, 0.15) is 0 Å². The first-order valence-electron chi connectivity index (χ1n) is 4.30. The van der Waals surface area contributed by atoms with Gasteiger partial charge in [-0.1, -0.05) is 0 Å². The number of nitrogens with two attached hydrogens (primary N) is 1. The van der Waals surface area contributed by atoms with Crippen molar-refractivity contribution in [2.45, 2.75) is 18.9 Å². The van der Waals surface area contributed by atoms with Crippen LogP contribution in [0.25, 0.3) is 0 Å². The van der Waals surface area contributed by atoms with Crippen molar-refractivity contribution in [3.63, 3.8) is 0 Å². The van der Waals surface area contributed by atoms with Gasteiger partial charge in [0.05, 0.1) is 0 Å². The predicted molar refractivity (Wildman–Crippen MR) is 47.8 cm³/mol. The fourth-order valence-corrected chi connectivity index (χ4v) is 1.34. The molecule has 0 heterocycles. The van der Waals surface area contributed by atoms with Crippen molar-refractivity contribution < 1.29 is 4.79 Å². The summed E-state index contributed by atoms with van der Waals surface area (Å²) in [5.74, 6) is 0.601. The quantitative estimate of drug-likeness (QED) is 0.614. The Morgan fingerprint density at radius 2 is 2.17 bits per heavy atom. The molecule has 1 saturated carbocycles. The Bertz CT molecular complexity index is 164. The molecule has 2 amide bonds. The fourth-order valence-electron chi connectivity index (χ4n) is 1.34. The molecule has 1 aliphatic rings. The van der Waals surface area contributed by atoms with E-state index in [2.05, 4.69) is 5.32 Å². The Morgan fingerprint density at radius 1 is 1.58 bits per heavy atom. The monoisotopic (exact) mass is 171 g/mol. The minimum absolute atomic E-state index is 0.0181. The van der Waals surface area contributed by atoms with Gasteiger partial charge in [-0.2, -0.15) is 0 Å². The number of hydrogen-bond donors (Lipinski definition) is 2. The molecule has 3 N–H and O–H groups in total. The Hall–Kier alpha value is -0.770. The van der Waals surface area contributed by atoms with Crippen LogP contribution in [0, 0.1) is 5.92 Å². The van der Waals surface area contributed by atoms with Gasteiger partial charge in [-0.15, -0.1) is 0 Å². The van der Waals surface area contributed by atoms with Crippen LogP contribution in [0.5, 0.6) is 0 Å². The average molecular weight is 171 g/mol. The molecule has 0 saturated heterocycles. The van der Waals surface area contributed by atoms with Gasteiger partial charge in [-0.3, -0.25) is 0 Å². The van der Waals surface area contributed by atoms with Crippen LogP contribution in [-0.4, -0.2) is 37.6 Å². The summed E-state index contributed by atoms with van der Waals surface area (Å²) < 4.78 is 0. The zero-order chi connectivity index (χ0) is 9.14. The molecular formula is C8H17N3O. The third-order valence-electron chi connectivity index (χ3n) is 2.22. The van der Waals surface area contributed by atoms with E-state index in [0.29, 0.717) is 12.0 Å². The highest BCUT2D eigenvalue weighted by atomic mass is 16.2. The second-order valence-corrected chi connectivity index (χ2v) is 3.68. The van der Waals surface area contributed by atoms with Gasteiger partial charge in [-0.05, 0) is 18.8 Å². The number of hydrogen-bond acceptors (Lipinski definition) is 2. The molecule has 0 aromatic heterocycles. The lowest BCUT2D eigenvalue weighted by atomic mass is 9.81. The van der Waals surface area contributed by atoms with Crippen molar-refractivity contribution in [1.29, 1.82) is 0 Å². The first-order chi connectivity index (χ1) is 5.59. The molecule has 0 radical (unpaired) electrons. The number of urea groups is 1. The third-order valence-corrected chi connectivity index (χ3v) is 2.22. The van der Waals surface area contributed by atoms with Crippen molar-refractivity contribution in [2.75, 3.05) is 20.6 Å². The van der Waals surface area contributed by atoms with Gasteiger partial charge >= 0.3 is 6.03 Å². The Morgan fingerprint density at radius 3 is 2.58 bits per heavy atom. The molecular weight excluding hydrogens is 154 g/mol. The Kier molecular flexibility index (Phi) is 2.92. The van der Waals surface area contributed by atoms with Crippen molar-refractivity contribution in [2.24, 2.45) is 11.7 Å². The predicted octanol–water partition coefficient (Wildman–Crippen LogP) is -0.00510. The van der Waals surface area contributed by atoms with Crippen molar-refractivity contribution in [3.8, 4) is 0 Å². The van der Waals surface area contributed by atoms with E-state index in [9.17, 15) is 4.79 Å². The summed E-state index contributed by atoms with van der Waals surface area (Å²) in [4.78, 5) is 12.6. The van der Waals surface area contributed by atoms with Gasteiger partial charge in [0.2, 0.25) is 0 Å². The number of rotatable bonds is 2. The normalized spacial score (nSPS) is 27.6. The molecule has 0 aromatic rings. The number of carbonyl (C=O) groups excluding carboxylic acids is 1. The highest BCUT2D eigenvalue weighted by Gasteiger charge is 2.25. The number of nitrogens with zero attached hydrogens (tertiary/aromatic N) is 1. The molecule has 70 valence electrons. The molecule has 1 fully saturated rings. The summed E-state index contributed by atoms with van der Waals surface area (Å²) in [5, 5.41) is 2.84. The lowest BCUT2D eigenvalue weighted by Crippen LogP contribution is -2.44. The van der Waals surface area contributed by atoms with Crippen LogP contribution >= 0.6 is 0 Å². The van der Waals surface area contributed by atoms with Crippen LogP contribution in [0.1, 0.15) is 12.8 Å². The topological polar surface area (TPSA) is 58.4 Å². The molecule has 0 aliphatic heterocycles. The molecule has 1 aliphatic carbocycles. The largest absolute Gasteiger partial charge is 0.338 e. The molecule has 4 heteroatoms. The van der Waals surface area contributed by atoms with Crippen LogP contribution in [-0.2, 0) is 0 Å². The van der Waals surface area contributed by atoms with E-state index < -0.39 is 0 Å². The van der Waals surface area contributed by atoms with Crippen LogP contribution in [0.2, 0.25) is 0 Å². The summed E-state index contributed by atoms with van der Waals surface area (Å²) in [6.07, 6.45) is 2.10. The zero-order valence-electron chi connectivity index (χ0n) is 7.71. The third kappa shape index (κ3) is 2.37. The summed E-state index contributed by atoms with van der Waals surface area (Å²) in [6, 6.07) is 0.349. The Labute approximate surface area is 73.1 Å². The number of amides is 2. The number of carbonyl (C=O) groups is 1. The molecule has 0 bridgehead atoms. The molecule has 0 unspecified atom stereocenters. The van der Waals surface area contributed by atoms with E-state index in [0.717, 1.165) is 19.4 Å². The van der Waals surface area contributed by atoms with E-state index in [1.54, 1.807) is 19.0 Å². The molecule has 1 rings (SSSR count). The van der Waals surface area contributed by atoms with Crippen LogP contribution in [0.15, 0.2) is 0 Å². The van der Waals surface area contributed by atoms with Gasteiger partial charge in [0, 0.05) is 26.7 Å². The lowest BCUT2D eigenvalue weighted by Gasteiger charge is -2.32. The van der Waals surface area contributed by atoms with E-state index >= 15 is 0 Å². The van der Waals surface area contributed by atoms with E-state index in [1.165, 1.54) is 0 Å². The minimum Gasteiger partial charge on any atom is -0.338 e. The van der Waals surface area contributed by atoms with E-state index in [-0.39, 0.29) is 6.03 Å². The first kappa shape index (κ1) is 9.32. The maximum atomic E-state index is 11.1. The maximum Gasteiger partial charge on any atom is 0.316 e. The highest BCUT2D eigenvalue weighted by Crippen LogP contribution is 2.24. The fraction of sp³-hybridized carbons (Fsp3) is 0.875. The summed E-state index contributed by atoms with van der Waals surface area (Å²) >= 11 is 0. The summed E-state index contributed by atoms with van der Waals surface area (Å²) in [5.41, 5.74) is 5.61. The Balaban J connectivity index is 2.06. The smallest absolute Gasteiger partial charge is 0.316 e. The molecule has 0 atom stereocenters. The van der Waals surface area contributed by atoms with E-state index in [4.69, 9.17) is 5.73 Å².